The largest absolute Gasteiger partial charge is 0.380 e. The van der Waals surface area contributed by atoms with Gasteiger partial charge in [0.1, 0.15) is 0 Å². The molecule has 0 saturated carbocycles. The lowest BCUT2D eigenvalue weighted by atomic mass is 10.0. The Morgan fingerprint density at radius 3 is 2.62 bits per heavy atom. The van der Waals surface area contributed by atoms with Gasteiger partial charge in [-0.05, 0) is 31.5 Å². The minimum Gasteiger partial charge on any atom is -0.380 e. The van der Waals surface area contributed by atoms with Crippen molar-refractivity contribution in [2.75, 3.05) is 59.2 Å². The minimum atomic E-state index is 0.207. The van der Waals surface area contributed by atoms with Crippen molar-refractivity contribution >= 4 is 17.6 Å². The molecule has 0 amide bonds. The Balaban J connectivity index is 2.06. The van der Waals surface area contributed by atoms with E-state index in [0.29, 0.717) is 13.2 Å². The van der Waals surface area contributed by atoms with Gasteiger partial charge in [0.2, 0.25) is 0 Å². The molecule has 1 aromatic rings. The molecule has 1 saturated heterocycles. The van der Waals surface area contributed by atoms with Crippen LogP contribution in [0.5, 0.6) is 0 Å². The second-order valence-corrected chi connectivity index (χ2v) is 6.50. The van der Waals surface area contributed by atoms with Crippen LogP contribution in [0.2, 0.25) is 5.02 Å². The zero-order chi connectivity index (χ0) is 18.6. The van der Waals surface area contributed by atoms with E-state index < -0.39 is 0 Å². The zero-order valence-corrected chi connectivity index (χ0v) is 16.6. The van der Waals surface area contributed by atoms with Crippen LogP contribution < -0.4 is 10.6 Å². The highest BCUT2D eigenvalue weighted by Crippen LogP contribution is 2.24. The van der Waals surface area contributed by atoms with E-state index >= 15 is 0 Å². The molecule has 1 aliphatic heterocycles. The number of halogens is 1. The van der Waals surface area contributed by atoms with Crippen molar-refractivity contribution < 1.29 is 9.47 Å². The minimum absolute atomic E-state index is 0.207. The third-order valence-electron chi connectivity index (χ3n) is 4.25. The average Bonchev–Trinajstić information content (AvgIpc) is 2.67. The summed E-state index contributed by atoms with van der Waals surface area (Å²) >= 11 is 6.06. The van der Waals surface area contributed by atoms with Crippen molar-refractivity contribution in [3.05, 3.63) is 34.9 Å². The predicted molar refractivity (Wildman–Crippen MR) is 107 cm³/mol. The van der Waals surface area contributed by atoms with Gasteiger partial charge in [-0.15, -0.1) is 0 Å². The number of benzene rings is 1. The van der Waals surface area contributed by atoms with Crippen molar-refractivity contribution in [2.45, 2.75) is 19.9 Å². The maximum absolute atomic E-state index is 6.06. The Morgan fingerprint density at radius 1 is 1.23 bits per heavy atom. The third kappa shape index (κ3) is 7.11. The molecule has 1 heterocycles. The number of nitrogens with zero attached hydrogens (tertiary/aromatic N) is 2. The fourth-order valence-electron chi connectivity index (χ4n) is 2.91. The molecule has 1 unspecified atom stereocenters. The van der Waals surface area contributed by atoms with E-state index in [2.05, 4.69) is 34.6 Å². The van der Waals surface area contributed by atoms with E-state index in [1.165, 1.54) is 5.56 Å². The van der Waals surface area contributed by atoms with Gasteiger partial charge in [0, 0.05) is 37.8 Å². The molecule has 7 heteroatoms. The number of nitrogens with one attached hydrogen (secondary N) is 2. The number of morpholine rings is 1. The van der Waals surface area contributed by atoms with Crippen LogP contribution in [-0.4, -0.2) is 70.0 Å². The first kappa shape index (κ1) is 21.0. The first-order valence-electron chi connectivity index (χ1n) is 9.41. The van der Waals surface area contributed by atoms with Gasteiger partial charge in [-0.1, -0.05) is 23.7 Å². The number of ether oxygens (including phenoxy) is 2. The molecule has 0 spiro atoms. The molecule has 0 aromatic heterocycles. The molecular formula is C19H31ClN4O2. The quantitative estimate of drug-likeness (QED) is 0.390. The van der Waals surface area contributed by atoms with Crippen LogP contribution >= 0.6 is 11.6 Å². The molecule has 1 aliphatic rings. The summed E-state index contributed by atoms with van der Waals surface area (Å²) in [5.74, 6) is 0.819. The van der Waals surface area contributed by atoms with Crippen molar-refractivity contribution in [3.63, 3.8) is 0 Å². The first-order valence-corrected chi connectivity index (χ1v) is 9.79. The normalized spacial score (nSPS) is 17.1. The highest BCUT2D eigenvalue weighted by Gasteiger charge is 2.22. The van der Waals surface area contributed by atoms with Crippen LogP contribution in [0, 0.1) is 0 Å². The van der Waals surface area contributed by atoms with Crippen molar-refractivity contribution in [2.24, 2.45) is 4.99 Å². The van der Waals surface area contributed by atoms with Gasteiger partial charge in [0.15, 0.2) is 5.96 Å². The van der Waals surface area contributed by atoms with Gasteiger partial charge >= 0.3 is 0 Å². The van der Waals surface area contributed by atoms with Gasteiger partial charge in [-0.2, -0.15) is 0 Å². The molecule has 1 aromatic carbocycles. The summed E-state index contributed by atoms with van der Waals surface area (Å²) in [7, 11) is 0. The van der Waals surface area contributed by atoms with Crippen LogP contribution in [0.4, 0.5) is 0 Å². The monoisotopic (exact) mass is 382 g/mol. The molecule has 2 rings (SSSR count). The fourth-order valence-corrected chi connectivity index (χ4v) is 3.04. The van der Waals surface area contributed by atoms with E-state index in [9.17, 15) is 0 Å². The van der Waals surface area contributed by atoms with Gasteiger partial charge in [0.25, 0.3) is 0 Å². The van der Waals surface area contributed by atoms with Crippen molar-refractivity contribution in [1.29, 1.82) is 0 Å². The van der Waals surface area contributed by atoms with Crippen molar-refractivity contribution in [3.8, 4) is 0 Å². The number of hydrogen-bond acceptors (Lipinski definition) is 4. The molecule has 1 fully saturated rings. The SMILES string of the molecule is CCNC(=NCC(c1ccc(Cl)cc1)N1CCOCC1)NCCOCC. The summed E-state index contributed by atoms with van der Waals surface area (Å²) < 4.78 is 10.9. The Hall–Kier alpha value is -1.34. The maximum atomic E-state index is 6.06. The Labute approximate surface area is 161 Å². The molecule has 0 bridgehead atoms. The van der Waals surface area contributed by atoms with Gasteiger partial charge in [-0.25, -0.2) is 0 Å². The zero-order valence-electron chi connectivity index (χ0n) is 15.8. The fraction of sp³-hybridized carbons (Fsp3) is 0.632. The standard InChI is InChI=1S/C19H31ClN4O2/c1-3-21-19(22-9-12-25-4-2)23-15-18(24-10-13-26-14-11-24)16-5-7-17(20)8-6-16/h5-8,18H,3-4,9-15H2,1-2H3,(H2,21,22,23). The predicted octanol–water partition coefficient (Wildman–Crippen LogP) is 2.30. The summed E-state index contributed by atoms with van der Waals surface area (Å²) in [6.45, 7) is 11.1. The Morgan fingerprint density at radius 2 is 1.96 bits per heavy atom. The van der Waals surface area contributed by atoms with E-state index in [4.69, 9.17) is 26.1 Å². The van der Waals surface area contributed by atoms with E-state index in [0.717, 1.165) is 57.0 Å². The van der Waals surface area contributed by atoms with Crippen LogP contribution in [-0.2, 0) is 9.47 Å². The van der Waals surface area contributed by atoms with Gasteiger partial charge in [-0.3, -0.25) is 9.89 Å². The van der Waals surface area contributed by atoms with Gasteiger partial charge in [0.05, 0.1) is 32.4 Å². The summed E-state index contributed by atoms with van der Waals surface area (Å²) in [4.78, 5) is 7.24. The molecule has 0 aliphatic carbocycles. The molecule has 26 heavy (non-hydrogen) atoms. The Bertz CT molecular complexity index is 533. The summed E-state index contributed by atoms with van der Waals surface area (Å²) in [5.41, 5.74) is 1.23. The Kier molecular flexibility index (Phi) is 9.77. The molecule has 146 valence electrons. The van der Waals surface area contributed by atoms with Crippen LogP contribution in [0.3, 0.4) is 0 Å². The first-order chi connectivity index (χ1) is 12.7. The van der Waals surface area contributed by atoms with Crippen molar-refractivity contribution in [1.82, 2.24) is 15.5 Å². The average molecular weight is 383 g/mol. The second-order valence-electron chi connectivity index (χ2n) is 6.06. The molecule has 6 nitrogen and oxygen atoms in total. The lowest BCUT2D eigenvalue weighted by molar-refractivity contribution is 0.0179. The maximum Gasteiger partial charge on any atom is 0.191 e. The number of hydrogen-bond donors (Lipinski definition) is 2. The molecule has 2 N–H and O–H groups in total. The van der Waals surface area contributed by atoms with E-state index in [1.54, 1.807) is 0 Å². The van der Waals surface area contributed by atoms with Crippen LogP contribution in [0.25, 0.3) is 0 Å². The lowest BCUT2D eigenvalue weighted by Crippen LogP contribution is -2.42. The molecular weight excluding hydrogens is 352 g/mol. The third-order valence-corrected chi connectivity index (χ3v) is 4.50. The number of aliphatic imine (C=N–C) groups is 1. The molecule has 0 radical (unpaired) electrons. The molecule has 1 atom stereocenters. The van der Waals surface area contributed by atoms with Gasteiger partial charge < -0.3 is 20.1 Å². The second kappa shape index (κ2) is 12.1. The van der Waals surface area contributed by atoms with Crippen LogP contribution in [0.15, 0.2) is 29.3 Å². The number of guanidine groups is 1. The lowest BCUT2D eigenvalue weighted by Gasteiger charge is -2.34. The summed E-state index contributed by atoms with van der Waals surface area (Å²) in [5, 5.41) is 7.37. The highest BCUT2D eigenvalue weighted by molar-refractivity contribution is 6.30. The van der Waals surface area contributed by atoms with E-state index in [-0.39, 0.29) is 6.04 Å². The van der Waals surface area contributed by atoms with Crippen LogP contribution in [0.1, 0.15) is 25.5 Å². The van der Waals surface area contributed by atoms with E-state index in [1.807, 2.05) is 19.1 Å². The topological polar surface area (TPSA) is 58.1 Å². The summed E-state index contributed by atoms with van der Waals surface area (Å²) in [6, 6.07) is 8.28. The highest BCUT2D eigenvalue weighted by atomic mass is 35.5. The smallest absolute Gasteiger partial charge is 0.191 e. The summed E-state index contributed by atoms with van der Waals surface area (Å²) in [6.07, 6.45) is 0. The number of rotatable bonds is 9.